The molecule has 0 atom stereocenters. The Morgan fingerprint density at radius 2 is 2.08 bits per heavy atom. The van der Waals surface area contributed by atoms with Gasteiger partial charge in [-0.05, 0) is 12.8 Å². The Labute approximate surface area is 70.3 Å². The molecule has 0 radical (unpaired) electrons. The Bertz CT molecular complexity index is 185. The molecule has 5 nitrogen and oxygen atoms in total. The second kappa shape index (κ2) is 3.94. The molecule has 1 aliphatic heterocycles. The zero-order valence-electron chi connectivity index (χ0n) is 6.68. The van der Waals surface area contributed by atoms with Crippen molar-refractivity contribution >= 4 is 12.3 Å². The fourth-order valence-electron chi connectivity index (χ4n) is 1.33. The number of nitrogens with zero attached hydrogens (tertiary/aromatic N) is 2. The quantitative estimate of drug-likeness (QED) is 0.349. The number of hydrogen-bond donors (Lipinski definition) is 2. The SMILES string of the molecule is O=C(O)N1CCC(C=NO)CC1. The van der Waals surface area contributed by atoms with Crippen molar-refractivity contribution in [2.24, 2.45) is 11.1 Å². The predicted molar refractivity (Wildman–Crippen MR) is 42.6 cm³/mol. The summed E-state index contributed by atoms with van der Waals surface area (Å²) in [5, 5.41) is 19.8. The van der Waals surface area contributed by atoms with Crippen molar-refractivity contribution in [3.8, 4) is 0 Å². The van der Waals surface area contributed by atoms with E-state index in [2.05, 4.69) is 5.16 Å². The molecule has 5 heteroatoms. The van der Waals surface area contributed by atoms with Crippen LogP contribution in [0.15, 0.2) is 5.16 Å². The summed E-state index contributed by atoms with van der Waals surface area (Å²) < 4.78 is 0. The maximum absolute atomic E-state index is 10.5. The van der Waals surface area contributed by atoms with E-state index in [1.165, 1.54) is 11.1 Å². The molecule has 0 aromatic rings. The van der Waals surface area contributed by atoms with E-state index in [0.717, 1.165) is 12.8 Å². The van der Waals surface area contributed by atoms with Crippen molar-refractivity contribution in [3.63, 3.8) is 0 Å². The molecule has 0 bridgehead atoms. The summed E-state index contributed by atoms with van der Waals surface area (Å²) in [5.41, 5.74) is 0. The first-order chi connectivity index (χ1) is 5.74. The van der Waals surface area contributed by atoms with Gasteiger partial charge in [-0.3, -0.25) is 0 Å². The molecular weight excluding hydrogens is 160 g/mol. The van der Waals surface area contributed by atoms with Crippen LogP contribution in [0.5, 0.6) is 0 Å². The van der Waals surface area contributed by atoms with E-state index in [1.54, 1.807) is 0 Å². The zero-order chi connectivity index (χ0) is 8.97. The molecule has 1 aliphatic rings. The van der Waals surface area contributed by atoms with E-state index in [4.69, 9.17) is 10.3 Å². The number of rotatable bonds is 1. The summed E-state index contributed by atoms with van der Waals surface area (Å²) in [4.78, 5) is 11.8. The van der Waals surface area contributed by atoms with Gasteiger partial charge >= 0.3 is 6.09 Å². The largest absolute Gasteiger partial charge is 0.465 e. The zero-order valence-corrected chi connectivity index (χ0v) is 6.68. The molecule has 1 amide bonds. The molecule has 1 saturated heterocycles. The second-order valence-electron chi connectivity index (χ2n) is 2.87. The van der Waals surface area contributed by atoms with Gasteiger partial charge in [-0.2, -0.15) is 0 Å². The lowest BCUT2D eigenvalue weighted by molar-refractivity contribution is 0.131. The molecule has 0 aromatic heterocycles. The Morgan fingerprint density at radius 1 is 1.50 bits per heavy atom. The summed E-state index contributed by atoms with van der Waals surface area (Å²) in [7, 11) is 0. The molecule has 0 unspecified atom stereocenters. The summed E-state index contributed by atoms with van der Waals surface area (Å²) >= 11 is 0. The van der Waals surface area contributed by atoms with E-state index in [0.29, 0.717) is 13.1 Å². The van der Waals surface area contributed by atoms with Crippen LogP contribution in [0.1, 0.15) is 12.8 Å². The number of piperidine rings is 1. The smallest absolute Gasteiger partial charge is 0.407 e. The first-order valence-corrected chi connectivity index (χ1v) is 3.89. The third-order valence-corrected chi connectivity index (χ3v) is 2.09. The lowest BCUT2D eigenvalue weighted by atomic mass is 9.99. The van der Waals surface area contributed by atoms with Crippen LogP contribution in [-0.2, 0) is 0 Å². The topological polar surface area (TPSA) is 73.1 Å². The minimum Gasteiger partial charge on any atom is -0.465 e. The number of oxime groups is 1. The summed E-state index contributed by atoms with van der Waals surface area (Å²) in [6.07, 6.45) is 2.10. The fourth-order valence-corrected chi connectivity index (χ4v) is 1.33. The predicted octanol–water partition coefficient (Wildman–Crippen LogP) is 0.836. The minimum absolute atomic E-state index is 0.227. The Hall–Kier alpha value is -1.26. The van der Waals surface area contributed by atoms with Crippen LogP contribution in [0.25, 0.3) is 0 Å². The van der Waals surface area contributed by atoms with Gasteiger partial charge in [0.2, 0.25) is 0 Å². The lowest BCUT2D eigenvalue weighted by Gasteiger charge is -2.27. The van der Waals surface area contributed by atoms with Crippen molar-refractivity contribution in [1.29, 1.82) is 0 Å². The van der Waals surface area contributed by atoms with Crippen LogP contribution in [0.2, 0.25) is 0 Å². The van der Waals surface area contributed by atoms with E-state index < -0.39 is 6.09 Å². The molecule has 68 valence electrons. The van der Waals surface area contributed by atoms with E-state index in [-0.39, 0.29) is 5.92 Å². The summed E-state index contributed by atoms with van der Waals surface area (Å²) in [6.45, 7) is 1.07. The molecule has 12 heavy (non-hydrogen) atoms. The number of carbonyl (C=O) groups is 1. The van der Waals surface area contributed by atoms with Crippen LogP contribution in [-0.4, -0.2) is 40.6 Å². The highest BCUT2D eigenvalue weighted by Gasteiger charge is 2.20. The molecule has 1 fully saturated rings. The summed E-state index contributed by atoms with van der Waals surface area (Å²) in [5.74, 6) is 0.227. The Morgan fingerprint density at radius 3 is 2.50 bits per heavy atom. The Balaban J connectivity index is 2.34. The van der Waals surface area contributed by atoms with Crippen molar-refractivity contribution in [1.82, 2.24) is 4.90 Å². The van der Waals surface area contributed by atoms with Crippen LogP contribution in [0, 0.1) is 5.92 Å². The highest BCUT2D eigenvalue weighted by atomic mass is 16.4. The van der Waals surface area contributed by atoms with Crippen LogP contribution < -0.4 is 0 Å². The van der Waals surface area contributed by atoms with Gasteiger partial charge in [-0.1, -0.05) is 0 Å². The summed E-state index contributed by atoms with van der Waals surface area (Å²) in [6, 6.07) is 0. The van der Waals surface area contributed by atoms with Gasteiger partial charge in [0.15, 0.2) is 0 Å². The monoisotopic (exact) mass is 172 g/mol. The lowest BCUT2D eigenvalue weighted by Crippen LogP contribution is -2.37. The molecule has 2 N–H and O–H groups in total. The van der Waals surface area contributed by atoms with E-state index >= 15 is 0 Å². The average Bonchev–Trinajstić information content (AvgIpc) is 2.06. The van der Waals surface area contributed by atoms with Crippen LogP contribution in [0.4, 0.5) is 4.79 Å². The van der Waals surface area contributed by atoms with Crippen LogP contribution >= 0.6 is 0 Å². The molecule has 0 spiro atoms. The normalized spacial score (nSPS) is 20.2. The Kier molecular flexibility index (Phi) is 2.90. The third kappa shape index (κ3) is 2.11. The van der Waals surface area contributed by atoms with E-state index in [1.807, 2.05) is 0 Å². The van der Waals surface area contributed by atoms with Crippen molar-refractivity contribution in [2.45, 2.75) is 12.8 Å². The van der Waals surface area contributed by atoms with Gasteiger partial charge in [0.1, 0.15) is 0 Å². The number of hydrogen-bond acceptors (Lipinski definition) is 3. The number of likely N-dealkylation sites (tertiary alicyclic amines) is 1. The second-order valence-corrected chi connectivity index (χ2v) is 2.87. The van der Waals surface area contributed by atoms with Gasteiger partial charge in [-0.15, -0.1) is 5.16 Å². The highest BCUT2D eigenvalue weighted by molar-refractivity contribution is 5.66. The van der Waals surface area contributed by atoms with Crippen molar-refractivity contribution in [2.75, 3.05) is 13.1 Å². The highest BCUT2D eigenvalue weighted by Crippen LogP contribution is 2.14. The van der Waals surface area contributed by atoms with Crippen molar-refractivity contribution < 1.29 is 15.1 Å². The first-order valence-electron chi connectivity index (χ1n) is 3.89. The molecule has 0 saturated carbocycles. The molecule has 1 heterocycles. The minimum atomic E-state index is -0.866. The fraction of sp³-hybridized carbons (Fsp3) is 0.714. The van der Waals surface area contributed by atoms with Gasteiger partial charge in [0.05, 0.1) is 0 Å². The number of amides is 1. The van der Waals surface area contributed by atoms with Crippen LogP contribution in [0.3, 0.4) is 0 Å². The first kappa shape index (κ1) is 8.83. The maximum atomic E-state index is 10.5. The average molecular weight is 172 g/mol. The molecule has 1 rings (SSSR count). The van der Waals surface area contributed by atoms with Crippen molar-refractivity contribution in [3.05, 3.63) is 0 Å². The van der Waals surface area contributed by atoms with Gasteiger partial charge in [-0.25, -0.2) is 4.79 Å². The number of carboxylic acid groups (broad SMARTS) is 1. The molecular formula is C7H12N2O3. The third-order valence-electron chi connectivity index (χ3n) is 2.09. The van der Waals surface area contributed by atoms with E-state index in [9.17, 15) is 4.79 Å². The molecule has 0 aliphatic carbocycles. The maximum Gasteiger partial charge on any atom is 0.407 e. The van der Waals surface area contributed by atoms with Gasteiger partial charge < -0.3 is 15.2 Å². The standard InChI is InChI=1S/C7H12N2O3/c10-7(11)9-3-1-6(2-4-9)5-8-12/h5-6,12H,1-4H2,(H,10,11). The van der Waals surface area contributed by atoms with Gasteiger partial charge in [0.25, 0.3) is 0 Å². The van der Waals surface area contributed by atoms with Gasteiger partial charge in [0, 0.05) is 25.2 Å². The molecule has 0 aromatic carbocycles.